The first-order valence-electron chi connectivity index (χ1n) is 21.2. The number of amides is 4. The molecule has 4 amide bonds. The fourth-order valence-electron chi connectivity index (χ4n) is 8.55. The van der Waals surface area contributed by atoms with Gasteiger partial charge in [0.2, 0.25) is 21.7 Å². The Kier molecular flexibility index (Phi) is 16.5. The standard InChI is InChI=1S/C44H67N5O9S/c1-9-11-20-35(50)38(52)31(17-10-2)25-36(51)34-26-33(58-42(55)48-24-21-30-18-13-14-19-32(30)27-48)28-49(34)40(53)39(44(6)22-15-12-16-23-44)46-41(54)45-37(43(3,4)5)29-47(7)59(8,56)57/h9,13-14,18-19,31,33-34,37,39H,1,10-12,15-17,20-29H2,2-8H3,(H2,45,46,54)/t31?,33-,34+,37-,39-/m1/s1. The van der Waals surface area contributed by atoms with Crippen LogP contribution in [0.15, 0.2) is 36.9 Å². The van der Waals surface area contributed by atoms with Crippen molar-refractivity contribution in [1.82, 2.24) is 24.7 Å². The van der Waals surface area contributed by atoms with Gasteiger partial charge in [-0.25, -0.2) is 22.3 Å². The summed E-state index contributed by atoms with van der Waals surface area (Å²) < 4.78 is 31.9. The first kappa shape index (κ1) is 47.6. The van der Waals surface area contributed by atoms with Crippen LogP contribution in [0.25, 0.3) is 0 Å². The first-order valence-corrected chi connectivity index (χ1v) is 23.0. The Bertz CT molecular complexity index is 1820. The van der Waals surface area contributed by atoms with Crippen molar-refractivity contribution in [3.8, 4) is 0 Å². The number of likely N-dealkylation sites (tertiary alicyclic amines) is 1. The lowest BCUT2D eigenvalue weighted by Crippen LogP contribution is -2.62. The van der Waals surface area contributed by atoms with Crippen LogP contribution in [0.1, 0.15) is 116 Å². The highest BCUT2D eigenvalue weighted by Gasteiger charge is 2.49. The smallest absolute Gasteiger partial charge is 0.410 e. The van der Waals surface area contributed by atoms with E-state index in [0.29, 0.717) is 51.6 Å². The van der Waals surface area contributed by atoms with Crippen LogP contribution in [0.4, 0.5) is 9.59 Å². The Morgan fingerprint density at radius 2 is 1.71 bits per heavy atom. The Morgan fingerprint density at radius 1 is 1.05 bits per heavy atom. The fourth-order valence-corrected chi connectivity index (χ4v) is 8.96. The van der Waals surface area contributed by atoms with Crippen LogP contribution in [0.2, 0.25) is 0 Å². The van der Waals surface area contributed by atoms with Gasteiger partial charge in [-0.15, -0.1) is 6.58 Å². The Morgan fingerprint density at radius 3 is 2.32 bits per heavy atom. The van der Waals surface area contributed by atoms with E-state index < -0.39 is 86.4 Å². The highest BCUT2D eigenvalue weighted by atomic mass is 32.2. The second kappa shape index (κ2) is 20.4. The molecule has 2 N–H and O–H groups in total. The van der Waals surface area contributed by atoms with Gasteiger partial charge in [-0.05, 0) is 54.1 Å². The molecule has 5 atom stereocenters. The van der Waals surface area contributed by atoms with Gasteiger partial charge in [-0.1, -0.05) is 90.6 Å². The molecule has 1 saturated carbocycles. The molecule has 4 rings (SSSR count). The van der Waals surface area contributed by atoms with Crippen molar-refractivity contribution in [2.24, 2.45) is 16.7 Å². The molecule has 2 aliphatic heterocycles. The zero-order valence-electron chi connectivity index (χ0n) is 36.2. The number of sulfonamides is 1. The predicted molar refractivity (Wildman–Crippen MR) is 226 cm³/mol. The molecule has 1 aromatic rings. The van der Waals surface area contributed by atoms with Gasteiger partial charge >= 0.3 is 12.1 Å². The van der Waals surface area contributed by atoms with Gasteiger partial charge in [0.05, 0.1) is 18.8 Å². The van der Waals surface area contributed by atoms with E-state index in [4.69, 9.17) is 4.74 Å². The van der Waals surface area contributed by atoms with E-state index in [1.54, 1.807) is 11.0 Å². The van der Waals surface area contributed by atoms with E-state index in [9.17, 15) is 32.4 Å². The lowest BCUT2D eigenvalue weighted by atomic mass is 9.70. The molecule has 0 spiro atoms. The summed E-state index contributed by atoms with van der Waals surface area (Å²) in [5.74, 6) is -2.98. The topological polar surface area (TPSA) is 180 Å². The normalized spacial score (nSPS) is 20.8. The van der Waals surface area contributed by atoms with Crippen molar-refractivity contribution in [3.63, 3.8) is 0 Å². The minimum Gasteiger partial charge on any atom is -0.444 e. The number of urea groups is 1. The molecule has 59 heavy (non-hydrogen) atoms. The highest BCUT2D eigenvalue weighted by Crippen LogP contribution is 2.41. The molecule has 14 nitrogen and oxygen atoms in total. The maximum Gasteiger partial charge on any atom is 0.410 e. The number of fused-ring (bicyclic) bond motifs is 1. The molecule has 0 radical (unpaired) electrons. The number of nitrogens with zero attached hydrogens (tertiary/aromatic N) is 3. The molecular weight excluding hydrogens is 775 g/mol. The Labute approximate surface area is 351 Å². The summed E-state index contributed by atoms with van der Waals surface area (Å²) in [7, 11) is -2.12. The van der Waals surface area contributed by atoms with Gasteiger partial charge in [0.1, 0.15) is 12.1 Å². The summed E-state index contributed by atoms with van der Waals surface area (Å²) >= 11 is 0. The minimum absolute atomic E-state index is 0.00160. The third-order valence-electron chi connectivity index (χ3n) is 12.5. The van der Waals surface area contributed by atoms with Gasteiger partial charge in [-0.3, -0.25) is 19.2 Å². The maximum absolute atomic E-state index is 15.1. The zero-order chi connectivity index (χ0) is 43.7. The second-order valence-corrected chi connectivity index (χ2v) is 20.3. The van der Waals surface area contributed by atoms with Crippen LogP contribution in [0.3, 0.4) is 0 Å². The van der Waals surface area contributed by atoms with Crippen LogP contribution in [-0.4, -0.2) is 115 Å². The van der Waals surface area contributed by atoms with Crippen molar-refractivity contribution in [3.05, 3.63) is 48.0 Å². The molecule has 1 aliphatic carbocycles. The highest BCUT2D eigenvalue weighted by molar-refractivity contribution is 7.88. The summed E-state index contributed by atoms with van der Waals surface area (Å²) in [6.07, 6.45) is 6.73. The molecule has 3 aliphatic rings. The SMILES string of the molecule is C=CCCC(=O)C(=O)C(CCC)CC(=O)[C@@H]1C[C@@H](OC(=O)N2CCc3ccccc3C2)CN1C(=O)[C@@H](NC(=O)N[C@H](CN(C)S(C)(=O)=O)C(C)(C)C)C1(C)CCCCC1. The molecular formula is C44H67N5O9S. The number of ketones is 3. The average Bonchev–Trinajstić information content (AvgIpc) is 3.61. The van der Waals surface area contributed by atoms with Crippen molar-refractivity contribution in [2.75, 3.05) is 32.9 Å². The van der Waals surface area contributed by atoms with Crippen LogP contribution in [-0.2, 0) is 46.9 Å². The molecule has 1 unspecified atom stereocenters. The molecule has 2 heterocycles. The number of carbonyl (C=O) groups excluding carboxylic acids is 6. The van der Waals surface area contributed by atoms with E-state index in [2.05, 4.69) is 17.2 Å². The lowest BCUT2D eigenvalue weighted by Gasteiger charge is -2.43. The summed E-state index contributed by atoms with van der Waals surface area (Å²) in [5, 5.41) is 5.90. The third kappa shape index (κ3) is 12.7. The summed E-state index contributed by atoms with van der Waals surface area (Å²) in [6.45, 7) is 13.8. The number of nitrogens with one attached hydrogen (secondary N) is 2. The molecule has 0 bridgehead atoms. The molecule has 328 valence electrons. The summed E-state index contributed by atoms with van der Waals surface area (Å²) in [5.41, 5.74) is 0.916. The van der Waals surface area contributed by atoms with Gasteiger partial charge in [0.25, 0.3) is 0 Å². The number of hydrogen-bond acceptors (Lipinski definition) is 9. The molecule has 2 fully saturated rings. The first-order chi connectivity index (χ1) is 27.7. The Balaban J connectivity index is 1.65. The summed E-state index contributed by atoms with van der Waals surface area (Å²) in [4.78, 5) is 86.4. The van der Waals surface area contributed by atoms with Crippen molar-refractivity contribution < 1.29 is 41.9 Å². The molecule has 15 heteroatoms. The predicted octanol–water partition coefficient (Wildman–Crippen LogP) is 5.58. The number of benzene rings is 1. The lowest BCUT2D eigenvalue weighted by molar-refractivity contribution is -0.144. The zero-order valence-corrected chi connectivity index (χ0v) is 37.0. The van der Waals surface area contributed by atoms with Gasteiger partial charge in [0, 0.05) is 57.9 Å². The van der Waals surface area contributed by atoms with E-state index in [0.717, 1.165) is 36.6 Å². The van der Waals surface area contributed by atoms with Gasteiger partial charge < -0.3 is 25.2 Å². The maximum atomic E-state index is 15.1. The van der Waals surface area contributed by atoms with E-state index in [-0.39, 0.29) is 32.4 Å². The van der Waals surface area contributed by atoms with Crippen LogP contribution < -0.4 is 10.6 Å². The van der Waals surface area contributed by atoms with Crippen molar-refractivity contribution >= 4 is 45.4 Å². The van der Waals surface area contributed by atoms with E-state index >= 15 is 4.79 Å². The monoisotopic (exact) mass is 841 g/mol. The number of ether oxygens (including phenoxy) is 1. The number of hydrogen-bond donors (Lipinski definition) is 2. The van der Waals surface area contributed by atoms with Gasteiger partial charge in [-0.2, -0.15) is 0 Å². The average molecular weight is 842 g/mol. The fraction of sp³-hybridized carbons (Fsp3) is 0.682. The summed E-state index contributed by atoms with van der Waals surface area (Å²) in [6, 6.07) is 4.43. The van der Waals surface area contributed by atoms with Gasteiger partial charge in [0.15, 0.2) is 11.6 Å². The number of allylic oxidation sites excluding steroid dienone is 1. The van der Waals surface area contributed by atoms with Crippen LogP contribution >= 0.6 is 0 Å². The van der Waals surface area contributed by atoms with E-state index in [1.165, 1.54) is 16.3 Å². The van der Waals surface area contributed by atoms with E-state index in [1.807, 2.05) is 58.9 Å². The Hall–Kier alpha value is -4.11. The third-order valence-corrected chi connectivity index (χ3v) is 13.7. The number of Topliss-reactive ketones (excluding diaryl/α,β-unsaturated/α-hetero) is 3. The number of rotatable bonds is 18. The number of carbonyl (C=O) groups is 6. The van der Waals surface area contributed by atoms with Crippen LogP contribution in [0, 0.1) is 16.7 Å². The number of likely N-dealkylation sites (N-methyl/N-ethyl adjacent to an activating group) is 1. The largest absolute Gasteiger partial charge is 0.444 e. The van der Waals surface area contributed by atoms with Crippen LogP contribution in [0.5, 0.6) is 0 Å². The second-order valence-electron chi connectivity index (χ2n) is 18.2. The molecule has 0 aromatic heterocycles. The molecule has 1 aromatic carbocycles. The van der Waals surface area contributed by atoms with Crippen molar-refractivity contribution in [2.45, 2.75) is 142 Å². The quantitative estimate of drug-likeness (QED) is 0.141. The minimum atomic E-state index is -3.56. The van der Waals surface area contributed by atoms with Crippen molar-refractivity contribution in [1.29, 1.82) is 0 Å². The molecule has 1 saturated heterocycles.